The van der Waals surface area contributed by atoms with Crippen molar-refractivity contribution in [3.05, 3.63) is 77.0 Å². The van der Waals surface area contributed by atoms with Crippen LogP contribution < -0.4 is 16.0 Å². The number of hydrogen-bond donors (Lipinski definition) is 3. The maximum absolute atomic E-state index is 12.9. The first-order valence-electron chi connectivity index (χ1n) is 8.70. The molecule has 0 saturated heterocycles. The zero-order valence-electron chi connectivity index (χ0n) is 15.2. The van der Waals surface area contributed by atoms with E-state index in [1.54, 1.807) is 6.92 Å². The molecule has 3 amide bonds. The van der Waals surface area contributed by atoms with Crippen molar-refractivity contribution in [3.63, 3.8) is 0 Å². The van der Waals surface area contributed by atoms with E-state index >= 15 is 0 Å². The Bertz CT molecular complexity index is 839. The summed E-state index contributed by atoms with van der Waals surface area (Å²) < 4.78 is 0. The topological polar surface area (TPSA) is 70.2 Å². The molecule has 0 aromatic heterocycles. The molecule has 3 rings (SSSR count). The maximum atomic E-state index is 12.9. The van der Waals surface area contributed by atoms with E-state index in [-0.39, 0.29) is 11.9 Å². The lowest BCUT2D eigenvalue weighted by atomic mass is 9.92. The Hall–Kier alpha value is -3.08. The average molecular weight is 349 g/mol. The Balaban J connectivity index is 1.92. The van der Waals surface area contributed by atoms with Crippen LogP contribution in [0.4, 0.5) is 10.5 Å². The van der Waals surface area contributed by atoms with Gasteiger partial charge in [0.15, 0.2) is 0 Å². The molecule has 1 atom stereocenters. The second-order valence-corrected chi connectivity index (χ2v) is 6.71. The Kier molecular flexibility index (Phi) is 5.07. The summed E-state index contributed by atoms with van der Waals surface area (Å²) in [6.45, 7) is 6.00. The van der Waals surface area contributed by atoms with Gasteiger partial charge in [-0.1, -0.05) is 56.3 Å². The summed E-state index contributed by atoms with van der Waals surface area (Å²) in [4.78, 5) is 24.9. The van der Waals surface area contributed by atoms with Crippen molar-refractivity contribution in [2.75, 3.05) is 5.32 Å². The fraction of sp³-hybridized carbons (Fsp3) is 0.238. The van der Waals surface area contributed by atoms with Gasteiger partial charge >= 0.3 is 6.03 Å². The molecule has 134 valence electrons. The third-order valence-electron chi connectivity index (χ3n) is 4.48. The molecule has 26 heavy (non-hydrogen) atoms. The predicted octanol–water partition coefficient (Wildman–Crippen LogP) is 4.08. The molecule has 2 aromatic rings. The van der Waals surface area contributed by atoms with Crippen LogP contribution in [-0.4, -0.2) is 11.9 Å². The summed E-state index contributed by atoms with van der Waals surface area (Å²) >= 11 is 0. The van der Waals surface area contributed by atoms with Gasteiger partial charge in [0, 0.05) is 11.4 Å². The number of para-hydroxylation sites is 1. The zero-order valence-corrected chi connectivity index (χ0v) is 15.2. The van der Waals surface area contributed by atoms with Crippen LogP contribution in [0.1, 0.15) is 43.9 Å². The first-order chi connectivity index (χ1) is 12.5. The number of carbonyl (C=O) groups excluding carboxylic acids is 2. The van der Waals surface area contributed by atoms with E-state index in [2.05, 4.69) is 29.8 Å². The van der Waals surface area contributed by atoms with Crippen molar-refractivity contribution in [2.24, 2.45) is 0 Å². The SMILES string of the molecule is CC1=C(C(=O)Nc2ccccc2)[C@H](c2ccc(C(C)C)cc2)NC(=O)N1. The van der Waals surface area contributed by atoms with Crippen LogP contribution >= 0.6 is 0 Å². The Labute approximate surface area is 153 Å². The molecule has 1 aliphatic rings. The van der Waals surface area contributed by atoms with Gasteiger partial charge in [0.25, 0.3) is 5.91 Å². The van der Waals surface area contributed by atoms with Gasteiger partial charge in [0.2, 0.25) is 0 Å². The quantitative estimate of drug-likeness (QED) is 0.778. The molecule has 0 radical (unpaired) electrons. The number of anilines is 1. The lowest BCUT2D eigenvalue weighted by molar-refractivity contribution is -0.113. The minimum atomic E-state index is -0.492. The predicted molar refractivity (Wildman–Crippen MR) is 103 cm³/mol. The molecule has 1 aliphatic heterocycles. The van der Waals surface area contributed by atoms with Gasteiger partial charge in [-0.25, -0.2) is 4.79 Å². The number of urea groups is 1. The Morgan fingerprint density at radius 3 is 2.31 bits per heavy atom. The number of amides is 3. The third-order valence-corrected chi connectivity index (χ3v) is 4.48. The first kappa shape index (κ1) is 17.7. The summed E-state index contributed by atoms with van der Waals surface area (Å²) in [5, 5.41) is 8.45. The van der Waals surface area contributed by atoms with Gasteiger partial charge < -0.3 is 16.0 Å². The molecule has 3 N–H and O–H groups in total. The number of nitrogens with one attached hydrogen (secondary N) is 3. The lowest BCUT2D eigenvalue weighted by Gasteiger charge is -2.29. The summed E-state index contributed by atoms with van der Waals surface area (Å²) in [5.41, 5.74) is 3.86. The smallest absolute Gasteiger partial charge is 0.319 e. The molecule has 2 aromatic carbocycles. The van der Waals surface area contributed by atoms with Crippen LogP contribution in [0.3, 0.4) is 0 Å². The largest absolute Gasteiger partial charge is 0.327 e. The summed E-state index contributed by atoms with van der Waals surface area (Å²) in [6, 6.07) is 16.5. The van der Waals surface area contributed by atoms with Gasteiger partial charge in [-0.2, -0.15) is 0 Å². The minimum absolute atomic E-state index is 0.237. The molecular weight excluding hydrogens is 326 g/mol. The van der Waals surface area contributed by atoms with Crippen molar-refractivity contribution in [1.82, 2.24) is 10.6 Å². The lowest BCUT2D eigenvalue weighted by Crippen LogP contribution is -2.45. The molecule has 0 aliphatic carbocycles. The van der Waals surface area contributed by atoms with E-state index < -0.39 is 6.04 Å². The van der Waals surface area contributed by atoms with Crippen LogP contribution in [0.5, 0.6) is 0 Å². The van der Waals surface area contributed by atoms with Crippen LogP contribution in [-0.2, 0) is 4.79 Å². The number of rotatable bonds is 4. The fourth-order valence-corrected chi connectivity index (χ4v) is 3.04. The second-order valence-electron chi connectivity index (χ2n) is 6.71. The monoisotopic (exact) mass is 349 g/mol. The standard InChI is InChI=1S/C21H23N3O2/c1-13(2)15-9-11-16(12-10-15)19-18(14(3)22-21(26)24-19)20(25)23-17-7-5-4-6-8-17/h4-13,19H,1-3H3,(H,23,25)(H2,22,24,26)/t19-/m0/s1. The number of carbonyl (C=O) groups is 2. The highest BCUT2D eigenvalue weighted by atomic mass is 16.2. The first-order valence-corrected chi connectivity index (χ1v) is 8.70. The zero-order chi connectivity index (χ0) is 18.7. The van der Waals surface area contributed by atoms with Crippen molar-refractivity contribution < 1.29 is 9.59 Å². The molecule has 0 saturated carbocycles. The van der Waals surface area contributed by atoms with Gasteiger partial charge in [-0.05, 0) is 36.1 Å². The minimum Gasteiger partial charge on any atom is -0.327 e. The van der Waals surface area contributed by atoms with Gasteiger partial charge in [-0.15, -0.1) is 0 Å². The number of allylic oxidation sites excluding steroid dienone is 1. The van der Waals surface area contributed by atoms with Crippen molar-refractivity contribution in [1.29, 1.82) is 0 Å². The van der Waals surface area contributed by atoms with E-state index in [1.807, 2.05) is 54.6 Å². The van der Waals surface area contributed by atoms with Crippen LogP contribution in [0.15, 0.2) is 65.9 Å². The fourth-order valence-electron chi connectivity index (χ4n) is 3.04. The van der Waals surface area contributed by atoms with Crippen LogP contribution in [0.2, 0.25) is 0 Å². The molecule has 0 bridgehead atoms. The van der Waals surface area contributed by atoms with E-state index in [1.165, 1.54) is 5.56 Å². The van der Waals surface area contributed by atoms with Crippen molar-refractivity contribution in [3.8, 4) is 0 Å². The molecule has 0 fully saturated rings. The number of hydrogen-bond acceptors (Lipinski definition) is 2. The van der Waals surface area contributed by atoms with E-state index in [9.17, 15) is 9.59 Å². The second kappa shape index (κ2) is 7.44. The van der Waals surface area contributed by atoms with E-state index in [0.717, 1.165) is 5.56 Å². The van der Waals surface area contributed by atoms with Crippen LogP contribution in [0.25, 0.3) is 0 Å². The van der Waals surface area contributed by atoms with Gasteiger partial charge in [-0.3, -0.25) is 4.79 Å². The molecule has 0 spiro atoms. The number of benzene rings is 2. The van der Waals surface area contributed by atoms with Gasteiger partial charge in [0.1, 0.15) is 0 Å². The molecule has 5 heteroatoms. The molecule has 5 nitrogen and oxygen atoms in total. The summed E-state index contributed by atoms with van der Waals surface area (Å²) in [6.07, 6.45) is 0. The molecule has 0 unspecified atom stereocenters. The Morgan fingerprint density at radius 2 is 1.69 bits per heavy atom. The third kappa shape index (κ3) is 3.77. The molecular formula is C21H23N3O2. The summed E-state index contributed by atoms with van der Waals surface area (Å²) in [5.74, 6) is 0.184. The average Bonchev–Trinajstić information content (AvgIpc) is 2.61. The van der Waals surface area contributed by atoms with Gasteiger partial charge in [0.05, 0.1) is 11.6 Å². The highest BCUT2D eigenvalue weighted by molar-refractivity contribution is 6.06. The van der Waals surface area contributed by atoms with Crippen molar-refractivity contribution in [2.45, 2.75) is 32.7 Å². The maximum Gasteiger partial charge on any atom is 0.319 e. The van der Waals surface area contributed by atoms with E-state index in [4.69, 9.17) is 0 Å². The molecule has 1 heterocycles. The highest BCUT2D eigenvalue weighted by Crippen LogP contribution is 2.28. The highest BCUT2D eigenvalue weighted by Gasteiger charge is 2.31. The normalized spacial score (nSPS) is 16.9. The Morgan fingerprint density at radius 1 is 1.04 bits per heavy atom. The van der Waals surface area contributed by atoms with Crippen molar-refractivity contribution >= 4 is 17.6 Å². The van der Waals surface area contributed by atoms with Crippen LogP contribution in [0, 0.1) is 0 Å². The summed E-state index contributed by atoms with van der Waals surface area (Å²) in [7, 11) is 0. The van der Waals surface area contributed by atoms with E-state index in [0.29, 0.717) is 22.9 Å².